The van der Waals surface area contributed by atoms with Gasteiger partial charge in [-0.1, -0.05) is 19.3 Å². The molecule has 1 saturated heterocycles. The third-order valence-electron chi connectivity index (χ3n) is 3.07. The van der Waals surface area contributed by atoms with Gasteiger partial charge in [0.25, 0.3) is 0 Å². The Bertz CT molecular complexity index is 120. The predicted molar refractivity (Wildman–Crippen MR) is 41.7 cm³/mol. The summed E-state index contributed by atoms with van der Waals surface area (Å²) in [5.74, 6) is 1.76. The van der Waals surface area contributed by atoms with E-state index in [4.69, 9.17) is 5.73 Å². The third-order valence-corrected chi connectivity index (χ3v) is 3.07. The summed E-state index contributed by atoms with van der Waals surface area (Å²) in [6.45, 7) is 2.22. The summed E-state index contributed by atoms with van der Waals surface area (Å²) >= 11 is 0. The van der Waals surface area contributed by atoms with Gasteiger partial charge in [0.15, 0.2) is 0 Å². The van der Waals surface area contributed by atoms with Gasteiger partial charge in [-0.05, 0) is 18.4 Å². The molecule has 0 spiro atoms. The number of hydrogen-bond donors (Lipinski definition) is 2. The first-order valence-electron chi connectivity index (χ1n) is 4.34. The van der Waals surface area contributed by atoms with E-state index in [2.05, 4.69) is 5.32 Å². The smallest absolute Gasteiger partial charge is 0.0208 e. The van der Waals surface area contributed by atoms with Crippen molar-refractivity contribution in [2.24, 2.45) is 17.6 Å². The van der Waals surface area contributed by atoms with Crippen LogP contribution in [0.2, 0.25) is 0 Å². The molecule has 1 aliphatic carbocycles. The molecule has 2 atom stereocenters. The van der Waals surface area contributed by atoms with Crippen LogP contribution in [0.25, 0.3) is 0 Å². The van der Waals surface area contributed by atoms with Gasteiger partial charge >= 0.3 is 0 Å². The van der Waals surface area contributed by atoms with Crippen molar-refractivity contribution in [2.45, 2.75) is 25.3 Å². The summed E-state index contributed by atoms with van der Waals surface area (Å²) in [5.41, 5.74) is 5.93. The van der Waals surface area contributed by atoms with Crippen molar-refractivity contribution in [3.05, 3.63) is 0 Å². The highest BCUT2D eigenvalue weighted by atomic mass is 15.0. The Kier molecular flexibility index (Phi) is 1.66. The van der Waals surface area contributed by atoms with Crippen molar-refractivity contribution >= 4 is 0 Å². The van der Waals surface area contributed by atoms with Crippen LogP contribution in [0.1, 0.15) is 19.3 Å². The first kappa shape index (κ1) is 6.62. The van der Waals surface area contributed by atoms with Gasteiger partial charge in [0.05, 0.1) is 0 Å². The first-order chi connectivity index (χ1) is 4.88. The molecule has 2 rings (SSSR count). The fourth-order valence-corrected chi connectivity index (χ4v) is 2.10. The maximum atomic E-state index is 5.93. The van der Waals surface area contributed by atoms with Crippen molar-refractivity contribution in [1.82, 2.24) is 5.32 Å². The lowest BCUT2D eigenvalue weighted by molar-refractivity contribution is 0.206. The Hall–Kier alpha value is -0.0800. The lowest BCUT2D eigenvalue weighted by atomic mass is 9.74. The summed E-state index contributed by atoms with van der Waals surface area (Å²) < 4.78 is 0. The molecule has 2 fully saturated rings. The summed E-state index contributed by atoms with van der Waals surface area (Å²) in [4.78, 5) is 0. The van der Waals surface area contributed by atoms with Gasteiger partial charge in [0, 0.05) is 12.6 Å². The zero-order valence-electron chi connectivity index (χ0n) is 6.34. The average Bonchev–Trinajstić information content (AvgIpc) is 2.12. The summed E-state index contributed by atoms with van der Waals surface area (Å²) in [7, 11) is 0. The molecule has 1 saturated carbocycles. The zero-order valence-corrected chi connectivity index (χ0v) is 6.34. The van der Waals surface area contributed by atoms with Crippen LogP contribution in [0.15, 0.2) is 0 Å². The predicted octanol–water partition coefficient (Wildman–Crippen LogP) is 0.333. The fourth-order valence-electron chi connectivity index (χ4n) is 2.10. The molecule has 0 aromatic carbocycles. The van der Waals surface area contributed by atoms with Crippen LogP contribution < -0.4 is 11.1 Å². The van der Waals surface area contributed by atoms with Crippen molar-refractivity contribution < 1.29 is 0 Å². The number of nitrogens with two attached hydrogens (primary N) is 1. The van der Waals surface area contributed by atoms with Crippen molar-refractivity contribution in [3.63, 3.8) is 0 Å². The molecule has 1 heterocycles. The Labute approximate surface area is 62.2 Å². The van der Waals surface area contributed by atoms with E-state index in [1.54, 1.807) is 0 Å². The molecule has 0 aromatic heterocycles. The minimum Gasteiger partial charge on any atom is -0.326 e. The Morgan fingerprint density at radius 1 is 1.20 bits per heavy atom. The lowest BCUT2D eigenvalue weighted by Crippen LogP contribution is -2.36. The van der Waals surface area contributed by atoms with Crippen LogP contribution in [0.3, 0.4) is 0 Å². The first-order valence-corrected chi connectivity index (χ1v) is 4.34. The molecular weight excluding hydrogens is 124 g/mol. The second-order valence-corrected chi connectivity index (χ2v) is 3.68. The van der Waals surface area contributed by atoms with Crippen LogP contribution in [-0.4, -0.2) is 19.1 Å². The van der Waals surface area contributed by atoms with Crippen molar-refractivity contribution in [2.75, 3.05) is 13.1 Å². The van der Waals surface area contributed by atoms with E-state index < -0.39 is 0 Å². The van der Waals surface area contributed by atoms with Crippen molar-refractivity contribution in [3.8, 4) is 0 Å². The normalized spacial score (nSPS) is 41.7. The summed E-state index contributed by atoms with van der Waals surface area (Å²) in [5, 5.41) is 3.35. The highest BCUT2D eigenvalue weighted by Gasteiger charge is 2.34. The van der Waals surface area contributed by atoms with Crippen LogP contribution >= 0.6 is 0 Å². The van der Waals surface area contributed by atoms with Gasteiger partial charge in [-0.25, -0.2) is 0 Å². The van der Waals surface area contributed by atoms with Crippen LogP contribution in [0.4, 0.5) is 0 Å². The van der Waals surface area contributed by atoms with Gasteiger partial charge < -0.3 is 11.1 Å². The van der Waals surface area contributed by atoms with Crippen LogP contribution in [0.5, 0.6) is 0 Å². The van der Waals surface area contributed by atoms with E-state index >= 15 is 0 Å². The molecule has 0 radical (unpaired) electrons. The molecule has 3 N–H and O–H groups in total. The number of nitrogens with one attached hydrogen (secondary N) is 1. The molecule has 0 amide bonds. The lowest BCUT2D eigenvalue weighted by Gasteiger charge is -2.32. The van der Waals surface area contributed by atoms with Gasteiger partial charge in [0.1, 0.15) is 0 Å². The molecule has 2 nitrogen and oxygen atoms in total. The molecular formula is C8H16N2. The van der Waals surface area contributed by atoms with E-state index in [-0.39, 0.29) is 0 Å². The van der Waals surface area contributed by atoms with Crippen LogP contribution in [0, 0.1) is 11.8 Å². The minimum absolute atomic E-state index is 0.449. The topological polar surface area (TPSA) is 38.0 Å². The van der Waals surface area contributed by atoms with Crippen molar-refractivity contribution in [1.29, 1.82) is 0 Å². The molecule has 10 heavy (non-hydrogen) atoms. The molecule has 2 aliphatic rings. The maximum Gasteiger partial charge on any atom is 0.0208 e. The van der Waals surface area contributed by atoms with E-state index in [9.17, 15) is 0 Å². The Balaban J connectivity index is 1.90. The molecule has 0 bridgehead atoms. The molecule has 2 heteroatoms. The van der Waals surface area contributed by atoms with Gasteiger partial charge in [-0.2, -0.15) is 0 Å². The second kappa shape index (κ2) is 2.51. The zero-order chi connectivity index (χ0) is 6.97. The Morgan fingerprint density at radius 3 is 2.40 bits per heavy atom. The molecule has 58 valence electrons. The van der Waals surface area contributed by atoms with Gasteiger partial charge in [-0.3, -0.25) is 0 Å². The minimum atomic E-state index is 0.449. The van der Waals surface area contributed by atoms with Gasteiger partial charge in [-0.15, -0.1) is 0 Å². The highest BCUT2D eigenvalue weighted by molar-refractivity contribution is 4.91. The second-order valence-electron chi connectivity index (χ2n) is 3.68. The van der Waals surface area contributed by atoms with E-state index in [1.807, 2.05) is 0 Å². The summed E-state index contributed by atoms with van der Waals surface area (Å²) in [6.07, 6.45) is 4.30. The highest BCUT2D eigenvalue weighted by Crippen LogP contribution is 2.35. The number of rotatable bonds is 1. The fraction of sp³-hybridized carbons (Fsp3) is 1.00. The number of hydrogen-bond acceptors (Lipinski definition) is 2. The summed E-state index contributed by atoms with van der Waals surface area (Å²) in [6, 6.07) is 0.449. The molecule has 0 aromatic rings. The Morgan fingerprint density at radius 2 is 2.00 bits per heavy atom. The van der Waals surface area contributed by atoms with E-state index in [0.29, 0.717) is 6.04 Å². The third kappa shape index (κ3) is 0.956. The quantitative estimate of drug-likeness (QED) is 0.551. The average molecular weight is 140 g/mol. The SMILES string of the molecule is NC1CNCC1C1CCC1. The van der Waals surface area contributed by atoms with Gasteiger partial charge in [0.2, 0.25) is 0 Å². The largest absolute Gasteiger partial charge is 0.326 e. The standard InChI is InChI=1S/C8H16N2/c9-8-5-10-4-7(8)6-2-1-3-6/h6-8,10H,1-5,9H2. The molecule has 2 unspecified atom stereocenters. The van der Waals surface area contributed by atoms with E-state index in [0.717, 1.165) is 18.4 Å². The molecule has 1 aliphatic heterocycles. The van der Waals surface area contributed by atoms with E-state index in [1.165, 1.54) is 25.8 Å². The van der Waals surface area contributed by atoms with Crippen LogP contribution in [-0.2, 0) is 0 Å². The monoisotopic (exact) mass is 140 g/mol. The maximum absolute atomic E-state index is 5.93.